The van der Waals surface area contributed by atoms with Crippen LogP contribution in [0, 0.1) is 0 Å². The minimum absolute atomic E-state index is 0.0984. The first kappa shape index (κ1) is 16.6. The standard InChI is InChI=1S/C6H14O2.C5H8O2/c1-2-3-6(8)4-5-7;1-4(2)3-5(6)7/h6-8H,2-5H2,1H3;3H,1-2H3,(H,6,7). The maximum atomic E-state index is 9.73. The summed E-state index contributed by atoms with van der Waals surface area (Å²) in [6, 6.07) is 0. The quantitative estimate of drug-likeness (QED) is 0.612. The van der Waals surface area contributed by atoms with Crippen molar-refractivity contribution in [1.82, 2.24) is 0 Å². The first-order chi connectivity index (χ1) is 6.93. The average Bonchev–Trinajstić information content (AvgIpc) is 2.03. The van der Waals surface area contributed by atoms with Crippen molar-refractivity contribution in [2.75, 3.05) is 6.61 Å². The number of aliphatic hydroxyl groups is 2. The molecule has 90 valence electrons. The minimum Gasteiger partial charge on any atom is -0.478 e. The van der Waals surface area contributed by atoms with Crippen molar-refractivity contribution in [1.29, 1.82) is 0 Å². The first-order valence-electron chi connectivity index (χ1n) is 5.10. The van der Waals surface area contributed by atoms with Crippen LogP contribution in [-0.2, 0) is 4.79 Å². The van der Waals surface area contributed by atoms with E-state index in [2.05, 4.69) is 0 Å². The second-order valence-electron chi connectivity index (χ2n) is 3.51. The molecule has 0 saturated carbocycles. The molecule has 0 fully saturated rings. The van der Waals surface area contributed by atoms with Gasteiger partial charge in [0.2, 0.25) is 0 Å². The summed E-state index contributed by atoms with van der Waals surface area (Å²) in [5.74, 6) is -0.875. The van der Waals surface area contributed by atoms with Crippen molar-refractivity contribution in [3.05, 3.63) is 11.6 Å². The summed E-state index contributed by atoms with van der Waals surface area (Å²) in [4.78, 5) is 9.73. The lowest BCUT2D eigenvalue weighted by atomic mass is 10.2. The third-order valence-electron chi connectivity index (χ3n) is 1.50. The highest BCUT2D eigenvalue weighted by atomic mass is 16.4. The van der Waals surface area contributed by atoms with Gasteiger partial charge in [0.25, 0.3) is 0 Å². The van der Waals surface area contributed by atoms with Crippen molar-refractivity contribution in [3.8, 4) is 0 Å². The molecule has 0 aromatic rings. The smallest absolute Gasteiger partial charge is 0.328 e. The van der Waals surface area contributed by atoms with Crippen LogP contribution in [0.2, 0.25) is 0 Å². The zero-order valence-corrected chi connectivity index (χ0v) is 9.73. The van der Waals surface area contributed by atoms with E-state index in [-0.39, 0.29) is 12.7 Å². The fourth-order valence-electron chi connectivity index (χ4n) is 0.874. The van der Waals surface area contributed by atoms with E-state index in [4.69, 9.17) is 15.3 Å². The van der Waals surface area contributed by atoms with E-state index in [0.717, 1.165) is 18.4 Å². The Morgan fingerprint density at radius 3 is 2.07 bits per heavy atom. The SMILES string of the molecule is CC(C)=CC(=O)O.CCCC(O)CCO. The van der Waals surface area contributed by atoms with E-state index < -0.39 is 5.97 Å². The Kier molecular flexibility index (Phi) is 12.4. The van der Waals surface area contributed by atoms with Gasteiger partial charge in [0, 0.05) is 12.7 Å². The fraction of sp³-hybridized carbons (Fsp3) is 0.727. The number of rotatable bonds is 5. The van der Waals surface area contributed by atoms with Crippen LogP contribution in [0.25, 0.3) is 0 Å². The van der Waals surface area contributed by atoms with Crippen LogP contribution in [0.1, 0.15) is 40.0 Å². The van der Waals surface area contributed by atoms with Gasteiger partial charge in [0.1, 0.15) is 0 Å². The normalized spacial score (nSPS) is 11.0. The van der Waals surface area contributed by atoms with Crippen LogP contribution >= 0.6 is 0 Å². The lowest BCUT2D eigenvalue weighted by Gasteiger charge is -2.04. The van der Waals surface area contributed by atoms with Crippen molar-refractivity contribution < 1.29 is 20.1 Å². The molecule has 0 saturated heterocycles. The molecule has 0 bridgehead atoms. The molecule has 4 nitrogen and oxygen atoms in total. The second kappa shape index (κ2) is 11.2. The molecule has 1 atom stereocenters. The number of aliphatic carboxylic acids is 1. The number of carboxylic acid groups (broad SMARTS) is 1. The summed E-state index contributed by atoms with van der Waals surface area (Å²) in [5, 5.41) is 25.2. The van der Waals surface area contributed by atoms with Crippen LogP contribution in [0.15, 0.2) is 11.6 Å². The lowest BCUT2D eigenvalue weighted by molar-refractivity contribution is -0.131. The number of allylic oxidation sites excluding steroid dienone is 1. The first-order valence-corrected chi connectivity index (χ1v) is 5.10. The van der Waals surface area contributed by atoms with Gasteiger partial charge in [-0.1, -0.05) is 18.9 Å². The van der Waals surface area contributed by atoms with Crippen LogP contribution < -0.4 is 0 Å². The number of hydrogen-bond donors (Lipinski definition) is 3. The molecule has 1 unspecified atom stereocenters. The van der Waals surface area contributed by atoms with Gasteiger partial charge in [0.05, 0.1) is 6.10 Å². The Morgan fingerprint density at radius 1 is 1.33 bits per heavy atom. The molecule has 3 N–H and O–H groups in total. The number of carbonyl (C=O) groups is 1. The maximum absolute atomic E-state index is 9.73. The zero-order valence-electron chi connectivity index (χ0n) is 9.73. The Bertz CT molecular complexity index is 177. The minimum atomic E-state index is -0.875. The highest BCUT2D eigenvalue weighted by Crippen LogP contribution is 1.98. The predicted molar refractivity (Wildman–Crippen MR) is 59.7 cm³/mol. The third-order valence-corrected chi connectivity index (χ3v) is 1.50. The molecule has 0 aliphatic heterocycles. The lowest BCUT2D eigenvalue weighted by Crippen LogP contribution is -2.07. The summed E-state index contributed by atoms with van der Waals surface area (Å²) in [5.41, 5.74) is 0.813. The maximum Gasteiger partial charge on any atom is 0.328 e. The number of carboxylic acids is 1. The van der Waals surface area contributed by atoms with Crippen LogP contribution in [0.3, 0.4) is 0 Å². The highest BCUT2D eigenvalue weighted by Gasteiger charge is 1.98. The molecule has 0 rings (SSSR count). The monoisotopic (exact) mass is 218 g/mol. The van der Waals surface area contributed by atoms with Crippen molar-refractivity contribution >= 4 is 5.97 Å². The molecule has 0 aromatic carbocycles. The summed E-state index contributed by atoms with van der Waals surface area (Å²) in [6.07, 6.45) is 3.19. The largest absolute Gasteiger partial charge is 0.478 e. The molecule has 0 radical (unpaired) electrons. The Morgan fingerprint density at radius 2 is 1.87 bits per heavy atom. The summed E-state index contributed by atoms with van der Waals surface area (Å²) in [7, 11) is 0. The number of aliphatic hydroxyl groups excluding tert-OH is 2. The van der Waals surface area contributed by atoms with Crippen LogP contribution in [0.4, 0.5) is 0 Å². The van der Waals surface area contributed by atoms with Gasteiger partial charge in [-0.05, 0) is 26.7 Å². The van der Waals surface area contributed by atoms with E-state index in [0.29, 0.717) is 6.42 Å². The number of hydrogen-bond acceptors (Lipinski definition) is 3. The topological polar surface area (TPSA) is 77.8 Å². The van der Waals surface area contributed by atoms with Crippen molar-refractivity contribution in [2.45, 2.75) is 46.1 Å². The van der Waals surface area contributed by atoms with E-state index in [9.17, 15) is 4.79 Å². The molecule has 0 aliphatic carbocycles. The average molecular weight is 218 g/mol. The molecular formula is C11H22O4. The van der Waals surface area contributed by atoms with Crippen LogP contribution in [0.5, 0.6) is 0 Å². The van der Waals surface area contributed by atoms with Crippen LogP contribution in [-0.4, -0.2) is 34.0 Å². The van der Waals surface area contributed by atoms with Gasteiger partial charge in [-0.25, -0.2) is 4.79 Å². The summed E-state index contributed by atoms with van der Waals surface area (Å²) >= 11 is 0. The fourth-order valence-corrected chi connectivity index (χ4v) is 0.874. The second-order valence-corrected chi connectivity index (χ2v) is 3.51. The van der Waals surface area contributed by atoms with E-state index in [1.165, 1.54) is 6.08 Å². The van der Waals surface area contributed by atoms with Gasteiger partial charge < -0.3 is 15.3 Å². The van der Waals surface area contributed by atoms with Gasteiger partial charge >= 0.3 is 5.97 Å². The Hall–Kier alpha value is -0.870. The summed E-state index contributed by atoms with van der Waals surface area (Å²) < 4.78 is 0. The zero-order chi connectivity index (χ0) is 12.3. The van der Waals surface area contributed by atoms with Gasteiger partial charge in [-0.15, -0.1) is 0 Å². The molecule has 0 aliphatic rings. The predicted octanol–water partition coefficient (Wildman–Crippen LogP) is 1.57. The van der Waals surface area contributed by atoms with Gasteiger partial charge in [-0.3, -0.25) is 0 Å². The molecule has 0 spiro atoms. The van der Waals surface area contributed by atoms with E-state index >= 15 is 0 Å². The Labute approximate surface area is 91.2 Å². The Balaban J connectivity index is 0. The molecule has 0 amide bonds. The van der Waals surface area contributed by atoms with E-state index in [1.807, 2.05) is 6.92 Å². The third kappa shape index (κ3) is 19.5. The van der Waals surface area contributed by atoms with Crippen molar-refractivity contribution in [3.63, 3.8) is 0 Å². The molecule has 4 heteroatoms. The highest BCUT2D eigenvalue weighted by molar-refractivity contribution is 5.80. The van der Waals surface area contributed by atoms with Gasteiger partial charge in [0.15, 0.2) is 0 Å². The molecule has 0 heterocycles. The van der Waals surface area contributed by atoms with Gasteiger partial charge in [-0.2, -0.15) is 0 Å². The molecule has 0 aromatic heterocycles. The molecule has 15 heavy (non-hydrogen) atoms. The van der Waals surface area contributed by atoms with Crippen molar-refractivity contribution in [2.24, 2.45) is 0 Å². The van der Waals surface area contributed by atoms with E-state index in [1.54, 1.807) is 13.8 Å². The summed E-state index contributed by atoms with van der Waals surface area (Å²) in [6.45, 7) is 5.60. The molecular weight excluding hydrogens is 196 g/mol.